The van der Waals surface area contributed by atoms with E-state index in [1.54, 1.807) is 35.8 Å². The molecule has 1 aliphatic rings. The Kier molecular flexibility index (Phi) is 8.73. The van der Waals surface area contributed by atoms with Crippen molar-refractivity contribution in [1.29, 1.82) is 0 Å². The van der Waals surface area contributed by atoms with E-state index in [0.717, 1.165) is 22.1 Å². The van der Waals surface area contributed by atoms with Crippen LogP contribution in [0.4, 0.5) is 0 Å². The van der Waals surface area contributed by atoms with Gasteiger partial charge in [-0.15, -0.1) is 0 Å². The lowest BCUT2D eigenvalue weighted by atomic mass is 9.93. The molecule has 5 rings (SSSR count). The van der Waals surface area contributed by atoms with E-state index in [0.29, 0.717) is 50.8 Å². The first-order chi connectivity index (χ1) is 20.7. The Morgan fingerprint density at radius 2 is 1.72 bits per heavy atom. The number of ether oxygens (including phenoxy) is 3. The zero-order chi connectivity index (χ0) is 30.8. The summed E-state index contributed by atoms with van der Waals surface area (Å²) in [6.45, 7) is 10.8. The van der Waals surface area contributed by atoms with Gasteiger partial charge < -0.3 is 19.1 Å². The third kappa shape index (κ3) is 5.57. The number of amides is 1. The van der Waals surface area contributed by atoms with Crippen LogP contribution in [0.15, 0.2) is 75.7 Å². The first-order valence-electron chi connectivity index (χ1n) is 14.4. The van der Waals surface area contributed by atoms with Crippen LogP contribution in [0, 0.1) is 0 Å². The van der Waals surface area contributed by atoms with Gasteiger partial charge in [0.2, 0.25) is 0 Å². The highest BCUT2D eigenvalue weighted by Gasteiger charge is 2.36. The molecule has 2 heterocycles. The van der Waals surface area contributed by atoms with Gasteiger partial charge in [-0.2, -0.15) is 0 Å². The van der Waals surface area contributed by atoms with Gasteiger partial charge in [-0.1, -0.05) is 41.7 Å². The molecule has 43 heavy (non-hydrogen) atoms. The summed E-state index contributed by atoms with van der Waals surface area (Å²) in [6.07, 6.45) is 1.93. The Hall–Kier alpha value is -4.37. The SMILES string of the molecule is CCN(CC)C(=O)C1=C(C)N=c2s/c(=C/c3ccc(OC(C)C)c4ccccc34)c(=O)n2[C@@H]1c1cc(OC)ccc1OC. The summed E-state index contributed by atoms with van der Waals surface area (Å²) < 4.78 is 19.5. The van der Waals surface area contributed by atoms with Gasteiger partial charge in [0.25, 0.3) is 11.5 Å². The first-order valence-corrected chi connectivity index (χ1v) is 15.3. The summed E-state index contributed by atoms with van der Waals surface area (Å²) in [7, 11) is 3.16. The minimum absolute atomic E-state index is 0.0306. The van der Waals surface area contributed by atoms with Crippen LogP contribution in [0.2, 0.25) is 0 Å². The van der Waals surface area contributed by atoms with Gasteiger partial charge in [0.15, 0.2) is 4.80 Å². The molecule has 0 spiro atoms. The van der Waals surface area contributed by atoms with Crippen molar-refractivity contribution in [2.24, 2.45) is 4.99 Å². The minimum atomic E-state index is -0.755. The van der Waals surface area contributed by atoms with E-state index < -0.39 is 6.04 Å². The van der Waals surface area contributed by atoms with Crippen LogP contribution in [0.5, 0.6) is 17.2 Å². The number of carbonyl (C=O) groups is 1. The number of hydrogen-bond donors (Lipinski definition) is 0. The Labute approximate surface area is 255 Å². The van der Waals surface area contributed by atoms with Gasteiger partial charge in [0.05, 0.1) is 36.1 Å². The van der Waals surface area contributed by atoms with E-state index in [1.165, 1.54) is 11.3 Å². The van der Waals surface area contributed by atoms with Crippen LogP contribution in [-0.4, -0.2) is 48.8 Å². The summed E-state index contributed by atoms with van der Waals surface area (Å²) in [5.74, 6) is 1.77. The number of benzene rings is 3. The maximum atomic E-state index is 14.3. The molecule has 224 valence electrons. The van der Waals surface area contributed by atoms with Crippen LogP contribution in [0.25, 0.3) is 16.8 Å². The Bertz CT molecular complexity index is 1900. The van der Waals surface area contributed by atoms with Gasteiger partial charge in [-0.05, 0) is 75.9 Å². The lowest BCUT2D eigenvalue weighted by molar-refractivity contribution is -0.127. The van der Waals surface area contributed by atoms with Gasteiger partial charge in [-0.3, -0.25) is 14.2 Å². The third-order valence-electron chi connectivity index (χ3n) is 7.60. The minimum Gasteiger partial charge on any atom is -0.497 e. The molecule has 0 saturated heterocycles. The highest BCUT2D eigenvalue weighted by molar-refractivity contribution is 7.07. The smallest absolute Gasteiger partial charge is 0.271 e. The van der Waals surface area contributed by atoms with Crippen molar-refractivity contribution < 1.29 is 19.0 Å². The van der Waals surface area contributed by atoms with Gasteiger partial charge in [0.1, 0.15) is 23.3 Å². The first kappa shape index (κ1) is 30.1. The van der Waals surface area contributed by atoms with Crippen LogP contribution in [-0.2, 0) is 4.79 Å². The van der Waals surface area contributed by atoms with E-state index in [4.69, 9.17) is 19.2 Å². The summed E-state index contributed by atoms with van der Waals surface area (Å²) in [5, 5.41) is 1.95. The molecule has 0 bridgehead atoms. The van der Waals surface area contributed by atoms with Crippen molar-refractivity contribution in [3.63, 3.8) is 0 Å². The molecule has 1 aliphatic heterocycles. The molecule has 0 fully saturated rings. The number of hydrogen-bond acceptors (Lipinski definition) is 7. The van der Waals surface area contributed by atoms with Crippen molar-refractivity contribution in [2.75, 3.05) is 27.3 Å². The van der Waals surface area contributed by atoms with E-state index in [-0.39, 0.29) is 17.6 Å². The average Bonchev–Trinajstić information content (AvgIpc) is 3.31. The van der Waals surface area contributed by atoms with Crippen molar-refractivity contribution in [1.82, 2.24) is 9.47 Å². The molecule has 0 N–H and O–H groups in total. The average molecular weight is 600 g/mol. The second kappa shape index (κ2) is 12.5. The number of likely N-dealkylation sites (N-methyl/N-ethyl adjacent to an activating group) is 1. The molecule has 3 aromatic carbocycles. The number of aromatic nitrogens is 1. The molecule has 0 unspecified atom stereocenters. The zero-order valence-electron chi connectivity index (χ0n) is 25.6. The highest BCUT2D eigenvalue weighted by Crippen LogP contribution is 2.38. The van der Waals surface area contributed by atoms with Crippen LogP contribution in [0.3, 0.4) is 0 Å². The Morgan fingerprint density at radius 1 is 1.02 bits per heavy atom. The van der Waals surface area contributed by atoms with E-state index >= 15 is 0 Å². The molecule has 9 heteroatoms. The predicted octanol–water partition coefficient (Wildman–Crippen LogP) is 5.06. The van der Waals surface area contributed by atoms with Crippen molar-refractivity contribution in [3.8, 4) is 17.2 Å². The van der Waals surface area contributed by atoms with Gasteiger partial charge >= 0.3 is 0 Å². The topological polar surface area (TPSA) is 82.4 Å². The zero-order valence-corrected chi connectivity index (χ0v) is 26.5. The maximum Gasteiger partial charge on any atom is 0.271 e. The van der Waals surface area contributed by atoms with Crippen LogP contribution in [0.1, 0.15) is 51.8 Å². The summed E-state index contributed by atoms with van der Waals surface area (Å²) in [5.41, 5.74) is 2.32. The molecular weight excluding hydrogens is 562 g/mol. The fourth-order valence-corrected chi connectivity index (χ4v) is 6.58. The summed E-state index contributed by atoms with van der Waals surface area (Å²) >= 11 is 1.31. The highest BCUT2D eigenvalue weighted by atomic mass is 32.1. The molecule has 4 aromatic rings. The molecule has 0 saturated carbocycles. The number of fused-ring (bicyclic) bond motifs is 2. The predicted molar refractivity (Wildman–Crippen MR) is 171 cm³/mol. The van der Waals surface area contributed by atoms with Crippen LogP contribution < -0.4 is 29.1 Å². The normalized spacial score (nSPS) is 15.0. The number of methoxy groups -OCH3 is 2. The summed E-state index contributed by atoms with van der Waals surface area (Å²) in [6, 6.07) is 16.6. The van der Waals surface area contributed by atoms with Crippen LogP contribution >= 0.6 is 11.3 Å². The van der Waals surface area contributed by atoms with Gasteiger partial charge in [0, 0.05) is 24.0 Å². The van der Waals surface area contributed by atoms with Gasteiger partial charge in [-0.25, -0.2) is 4.99 Å². The second-order valence-corrected chi connectivity index (χ2v) is 11.5. The molecule has 1 aromatic heterocycles. The standard InChI is InChI=1S/C34H37N3O5S/c1-8-36(9-2)33(39)30-21(5)35-34-37(31(30)26-19-23(40-6)15-17-27(26)41-7)32(38)29(43-34)18-22-14-16-28(42-20(3)4)25-13-11-10-12-24(22)25/h10-20,31H,8-9H2,1-7H3/b29-18+/t31-/m1/s1. The van der Waals surface area contributed by atoms with E-state index in [1.807, 2.05) is 83.2 Å². The number of carbonyl (C=O) groups excluding carboxylic acids is 1. The lowest BCUT2D eigenvalue weighted by Gasteiger charge is -2.30. The maximum absolute atomic E-state index is 14.3. The Morgan fingerprint density at radius 3 is 2.37 bits per heavy atom. The fraction of sp³-hybridized carbons (Fsp3) is 0.324. The third-order valence-corrected chi connectivity index (χ3v) is 8.58. The van der Waals surface area contributed by atoms with Crippen molar-refractivity contribution in [3.05, 3.63) is 96.7 Å². The van der Waals surface area contributed by atoms with Crippen molar-refractivity contribution >= 4 is 34.1 Å². The van der Waals surface area contributed by atoms with E-state index in [9.17, 15) is 9.59 Å². The molecular formula is C34H37N3O5S. The molecule has 0 aliphatic carbocycles. The largest absolute Gasteiger partial charge is 0.497 e. The molecule has 1 amide bonds. The second-order valence-electron chi connectivity index (χ2n) is 10.5. The number of rotatable bonds is 9. The number of allylic oxidation sites excluding steroid dienone is 1. The quantitative estimate of drug-likeness (QED) is 0.269. The fourth-order valence-electron chi connectivity index (χ4n) is 5.54. The molecule has 8 nitrogen and oxygen atoms in total. The number of nitrogens with zero attached hydrogens (tertiary/aromatic N) is 3. The molecule has 1 atom stereocenters. The lowest BCUT2D eigenvalue weighted by Crippen LogP contribution is -2.43. The van der Waals surface area contributed by atoms with E-state index in [2.05, 4.69) is 0 Å². The molecule has 0 radical (unpaired) electrons. The number of thiazole rings is 1. The van der Waals surface area contributed by atoms with Crippen molar-refractivity contribution in [2.45, 2.75) is 46.8 Å². The summed E-state index contributed by atoms with van der Waals surface area (Å²) in [4.78, 5) is 35.4. The monoisotopic (exact) mass is 599 g/mol. The Balaban J connectivity index is 1.77.